The Morgan fingerprint density at radius 1 is 1.27 bits per heavy atom. The molecule has 2 rings (SSSR count). The maximum atomic E-state index is 12.0. The summed E-state index contributed by atoms with van der Waals surface area (Å²) >= 11 is 0. The highest BCUT2D eigenvalue weighted by atomic mass is 35.5. The molecule has 0 atom stereocenters. The van der Waals surface area contributed by atoms with Crippen molar-refractivity contribution in [3.63, 3.8) is 0 Å². The van der Waals surface area contributed by atoms with Crippen molar-refractivity contribution in [2.75, 3.05) is 19.7 Å². The molecule has 0 radical (unpaired) electrons. The molecule has 4 nitrogen and oxygen atoms in total. The molecule has 1 aliphatic heterocycles. The van der Waals surface area contributed by atoms with Gasteiger partial charge in [0.2, 0.25) is 0 Å². The lowest BCUT2D eigenvalue weighted by Gasteiger charge is -2.25. The Kier molecular flexibility index (Phi) is 7.17. The first-order chi connectivity index (χ1) is 9.97. The Hall–Kier alpha value is -1.26. The van der Waals surface area contributed by atoms with Crippen LogP contribution in [0.2, 0.25) is 0 Å². The molecule has 1 aliphatic rings. The van der Waals surface area contributed by atoms with Crippen molar-refractivity contribution >= 4 is 18.3 Å². The Morgan fingerprint density at radius 3 is 2.55 bits per heavy atom. The highest BCUT2D eigenvalue weighted by Crippen LogP contribution is 2.30. The van der Waals surface area contributed by atoms with Crippen LogP contribution in [0.15, 0.2) is 24.3 Å². The summed E-state index contributed by atoms with van der Waals surface area (Å²) in [5, 5.41) is 6.33. The zero-order chi connectivity index (χ0) is 15.3. The SMILES string of the molecule is CC(C)(C)c1ccccc1OCC(=O)NC1CCNCC1.Cl. The maximum Gasteiger partial charge on any atom is 0.258 e. The molecule has 1 amide bonds. The summed E-state index contributed by atoms with van der Waals surface area (Å²) in [7, 11) is 0. The van der Waals surface area contributed by atoms with Crippen LogP contribution in [0.4, 0.5) is 0 Å². The van der Waals surface area contributed by atoms with E-state index >= 15 is 0 Å². The highest BCUT2D eigenvalue weighted by Gasteiger charge is 2.20. The Bertz CT molecular complexity index is 480. The predicted octanol–water partition coefficient (Wildman–Crippen LogP) is 2.65. The topological polar surface area (TPSA) is 50.4 Å². The Labute approximate surface area is 139 Å². The zero-order valence-electron chi connectivity index (χ0n) is 13.6. The van der Waals surface area contributed by atoms with Crippen molar-refractivity contribution in [2.45, 2.75) is 45.1 Å². The van der Waals surface area contributed by atoms with Crippen LogP contribution < -0.4 is 15.4 Å². The second kappa shape index (κ2) is 8.39. The van der Waals surface area contributed by atoms with Gasteiger partial charge in [0.25, 0.3) is 5.91 Å². The molecule has 0 spiro atoms. The van der Waals surface area contributed by atoms with Crippen molar-refractivity contribution in [2.24, 2.45) is 0 Å². The first-order valence-corrected chi connectivity index (χ1v) is 7.69. The van der Waals surface area contributed by atoms with Crippen molar-refractivity contribution in [1.29, 1.82) is 0 Å². The minimum absolute atomic E-state index is 0. The van der Waals surface area contributed by atoms with Crippen molar-refractivity contribution in [3.05, 3.63) is 29.8 Å². The molecule has 0 aliphatic carbocycles. The number of rotatable bonds is 4. The van der Waals surface area contributed by atoms with Crippen molar-refractivity contribution in [1.82, 2.24) is 10.6 Å². The molecule has 124 valence electrons. The first-order valence-electron chi connectivity index (χ1n) is 7.69. The highest BCUT2D eigenvalue weighted by molar-refractivity contribution is 5.85. The molecule has 22 heavy (non-hydrogen) atoms. The molecule has 5 heteroatoms. The van der Waals surface area contributed by atoms with Gasteiger partial charge < -0.3 is 15.4 Å². The van der Waals surface area contributed by atoms with E-state index in [9.17, 15) is 4.79 Å². The van der Waals surface area contributed by atoms with E-state index in [-0.39, 0.29) is 36.4 Å². The lowest BCUT2D eigenvalue weighted by Crippen LogP contribution is -2.44. The fourth-order valence-electron chi connectivity index (χ4n) is 2.59. The van der Waals surface area contributed by atoms with Crippen LogP contribution in [-0.4, -0.2) is 31.6 Å². The molecule has 2 N–H and O–H groups in total. The van der Waals surface area contributed by atoms with E-state index < -0.39 is 0 Å². The molecule has 1 aromatic carbocycles. The van der Waals surface area contributed by atoms with Crippen LogP contribution >= 0.6 is 12.4 Å². The van der Waals surface area contributed by atoms with Crippen LogP contribution in [0.3, 0.4) is 0 Å². The number of carbonyl (C=O) groups excluding carboxylic acids is 1. The zero-order valence-corrected chi connectivity index (χ0v) is 14.5. The molecule has 0 aromatic heterocycles. The summed E-state index contributed by atoms with van der Waals surface area (Å²) in [5.41, 5.74) is 1.13. The second-order valence-corrected chi connectivity index (χ2v) is 6.63. The third-order valence-corrected chi connectivity index (χ3v) is 3.76. The van der Waals surface area contributed by atoms with E-state index in [1.54, 1.807) is 0 Å². The van der Waals surface area contributed by atoms with Gasteiger partial charge in [0, 0.05) is 6.04 Å². The van der Waals surface area contributed by atoms with E-state index in [0.717, 1.165) is 37.2 Å². The second-order valence-electron chi connectivity index (χ2n) is 6.63. The number of piperidine rings is 1. The van der Waals surface area contributed by atoms with Gasteiger partial charge in [-0.15, -0.1) is 12.4 Å². The largest absolute Gasteiger partial charge is 0.483 e. The van der Waals surface area contributed by atoms with Gasteiger partial charge >= 0.3 is 0 Å². The smallest absolute Gasteiger partial charge is 0.258 e. The summed E-state index contributed by atoms with van der Waals surface area (Å²) < 4.78 is 5.74. The summed E-state index contributed by atoms with van der Waals surface area (Å²) in [6, 6.07) is 8.20. The number of nitrogens with one attached hydrogen (secondary N) is 2. The minimum atomic E-state index is -0.0365. The van der Waals surface area contributed by atoms with Crippen LogP contribution in [0.5, 0.6) is 5.75 Å². The van der Waals surface area contributed by atoms with Gasteiger partial charge in [-0.2, -0.15) is 0 Å². The third kappa shape index (κ3) is 5.50. The average Bonchev–Trinajstić information content (AvgIpc) is 2.45. The van der Waals surface area contributed by atoms with Gasteiger partial charge in [-0.3, -0.25) is 4.79 Å². The quantitative estimate of drug-likeness (QED) is 0.894. The van der Waals surface area contributed by atoms with Gasteiger partial charge in [0.15, 0.2) is 6.61 Å². The van der Waals surface area contributed by atoms with Crippen LogP contribution in [0, 0.1) is 0 Å². The number of carbonyl (C=O) groups is 1. The standard InChI is InChI=1S/C17H26N2O2.ClH/c1-17(2,3)14-6-4-5-7-15(14)21-12-16(20)19-13-8-10-18-11-9-13;/h4-7,13,18H,8-12H2,1-3H3,(H,19,20);1H. The minimum Gasteiger partial charge on any atom is -0.483 e. The van der Waals surface area contributed by atoms with E-state index in [2.05, 4.69) is 37.5 Å². The number of benzene rings is 1. The summed E-state index contributed by atoms with van der Waals surface area (Å²) in [6.45, 7) is 8.45. The van der Waals surface area contributed by atoms with Crippen LogP contribution in [0.1, 0.15) is 39.2 Å². The van der Waals surface area contributed by atoms with Gasteiger partial charge in [-0.05, 0) is 43.0 Å². The predicted molar refractivity (Wildman–Crippen MR) is 91.9 cm³/mol. The lowest BCUT2D eigenvalue weighted by atomic mass is 9.86. The molecule has 1 fully saturated rings. The van der Waals surface area contributed by atoms with Gasteiger partial charge in [-0.25, -0.2) is 0 Å². The van der Waals surface area contributed by atoms with E-state index in [4.69, 9.17) is 4.74 Å². The Morgan fingerprint density at radius 2 is 1.91 bits per heavy atom. The molecule has 0 saturated carbocycles. The number of halogens is 1. The van der Waals surface area contributed by atoms with Crippen molar-refractivity contribution in [3.8, 4) is 5.75 Å². The van der Waals surface area contributed by atoms with Crippen LogP contribution in [0.25, 0.3) is 0 Å². The molecule has 0 unspecified atom stereocenters. The molecular weight excluding hydrogens is 300 g/mol. The first kappa shape index (κ1) is 18.8. The summed E-state index contributed by atoms with van der Waals surface area (Å²) in [6.07, 6.45) is 1.98. The van der Waals surface area contributed by atoms with E-state index in [0.29, 0.717) is 0 Å². The fraction of sp³-hybridized carbons (Fsp3) is 0.588. The fourth-order valence-corrected chi connectivity index (χ4v) is 2.59. The number of amides is 1. The number of hydrogen-bond donors (Lipinski definition) is 2. The Balaban J connectivity index is 0.00000242. The van der Waals surface area contributed by atoms with E-state index in [1.165, 1.54) is 0 Å². The molecule has 0 bridgehead atoms. The normalized spacial score (nSPS) is 15.8. The molecular formula is C17H27ClN2O2. The average molecular weight is 327 g/mol. The van der Waals surface area contributed by atoms with E-state index in [1.807, 2.05) is 18.2 Å². The van der Waals surface area contributed by atoms with Crippen LogP contribution in [-0.2, 0) is 10.2 Å². The van der Waals surface area contributed by atoms with Gasteiger partial charge in [0.05, 0.1) is 0 Å². The number of hydrogen-bond acceptors (Lipinski definition) is 3. The third-order valence-electron chi connectivity index (χ3n) is 3.76. The molecule has 1 aromatic rings. The van der Waals surface area contributed by atoms with Crippen molar-refractivity contribution < 1.29 is 9.53 Å². The molecule has 1 saturated heterocycles. The number of ether oxygens (including phenoxy) is 1. The number of para-hydroxylation sites is 1. The summed E-state index contributed by atoms with van der Waals surface area (Å²) in [4.78, 5) is 12.0. The monoisotopic (exact) mass is 326 g/mol. The lowest BCUT2D eigenvalue weighted by molar-refractivity contribution is -0.124. The molecule has 1 heterocycles. The van der Waals surface area contributed by atoms with Gasteiger partial charge in [-0.1, -0.05) is 39.0 Å². The maximum absolute atomic E-state index is 12.0. The summed E-state index contributed by atoms with van der Waals surface area (Å²) in [5.74, 6) is 0.760. The van der Waals surface area contributed by atoms with Gasteiger partial charge in [0.1, 0.15) is 5.75 Å².